The van der Waals surface area contributed by atoms with E-state index in [1.165, 1.54) is 21.8 Å². The summed E-state index contributed by atoms with van der Waals surface area (Å²) in [4.78, 5) is 5.66. The molecule has 1 aliphatic rings. The van der Waals surface area contributed by atoms with Crippen molar-refractivity contribution in [1.29, 1.82) is 0 Å². The Hall–Kier alpha value is -1.94. The highest BCUT2D eigenvalue weighted by atomic mass is 32.1. The molecule has 3 aromatic rings. The van der Waals surface area contributed by atoms with Crippen molar-refractivity contribution in [3.63, 3.8) is 0 Å². The Morgan fingerprint density at radius 3 is 2.94 bits per heavy atom. The summed E-state index contributed by atoms with van der Waals surface area (Å²) in [7, 11) is 0. The Labute approximate surface area is 102 Å². The van der Waals surface area contributed by atoms with Gasteiger partial charge in [0.15, 0.2) is 0 Å². The van der Waals surface area contributed by atoms with Crippen LogP contribution in [0.15, 0.2) is 42.0 Å². The molecule has 82 valence electrons. The predicted molar refractivity (Wildman–Crippen MR) is 67.5 cm³/mol. The molecule has 3 nitrogen and oxygen atoms in total. The second-order valence-electron chi connectivity index (χ2n) is 4.07. The molecule has 0 radical (unpaired) electrons. The normalized spacial score (nSPS) is 12.5. The lowest BCUT2D eigenvalue weighted by Gasteiger charge is -2.04. The van der Waals surface area contributed by atoms with Crippen molar-refractivity contribution in [3.8, 4) is 16.3 Å². The van der Waals surface area contributed by atoms with Gasteiger partial charge in [-0.05, 0) is 12.1 Å². The first-order valence-corrected chi connectivity index (χ1v) is 6.36. The minimum absolute atomic E-state index is 0.918. The summed E-state index contributed by atoms with van der Waals surface area (Å²) < 4.78 is 2.01. The predicted octanol–water partition coefficient (Wildman–Crippen LogP) is 2.90. The van der Waals surface area contributed by atoms with Gasteiger partial charge in [0.1, 0.15) is 0 Å². The molecule has 0 fully saturated rings. The molecule has 0 N–H and O–H groups in total. The standard InChI is InChI=1S/C13H9N3S/c1-2-4-10(5-3-1)16-12-9(7-15-16)6-11-13(12)17-8-14-11/h1-5,7-8H,6H2. The van der Waals surface area contributed by atoms with E-state index in [4.69, 9.17) is 0 Å². The summed E-state index contributed by atoms with van der Waals surface area (Å²) in [6.45, 7) is 0. The molecule has 0 aliphatic heterocycles. The van der Waals surface area contributed by atoms with Gasteiger partial charge < -0.3 is 0 Å². The van der Waals surface area contributed by atoms with E-state index in [1.54, 1.807) is 11.3 Å². The highest BCUT2D eigenvalue weighted by molar-refractivity contribution is 7.13. The third kappa shape index (κ3) is 1.21. The Balaban J connectivity index is 1.98. The average molecular weight is 239 g/mol. The van der Waals surface area contributed by atoms with E-state index >= 15 is 0 Å². The number of benzene rings is 1. The van der Waals surface area contributed by atoms with Crippen LogP contribution in [0.3, 0.4) is 0 Å². The Morgan fingerprint density at radius 1 is 1.18 bits per heavy atom. The molecular weight excluding hydrogens is 230 g/mol. The van der Waals surface area contributed by atoms with Crippen LogP contribution in [0.4, 0.5) is 0 Å². The number of hydrogen-bond acceptors (Lipinski definition) is 3. The molecule has 4 heteroatoms. The number of para-hydroxylation sites is 1. The first kappa shape index (κ1) is 9.13. The number of aromatic nitrogens is 3. The van der Waals surface area contributed by atoms with Crippen LogP contribution in [0.5, 0.6) is 0 Å². The quantitative estimate of drug-likeness (QED) is 0.511. The molecule has 0 bridgehead atoms. The molecular formula is C13H9N3S. The van der Waals surface area contributed by atoms with Crippen LogP contribution >= 0.6 is 11.3 Å². The van der Waals surface area contributed by atoms with E-state index in [0.717, 1.165) is 12.1 Å². The molecule has 4 rings (SSSR count). The molecule has 2 heterocycles. The molecule has 2 aromatic heterocycles. The fourth-order valence-electron chi connectivity index (χ4n) is 2.29. The molecule has 17 heavy (non-hydrogen) atoms. The molecule has 0 unspecified atom stereocenters. The van der Waals surface area contributed by atoms with Gasteiger partial charge in [-0.25, -0.2) is 9.67 Å². The van der Waals surface area contributed by atoms with Gasteiger partial charge in [0, 0.05) is 12.0 Å². The van der Waals surface area contributed by atoms with Crippen molar-refractivity contribution in [1.82, 2.24) is 14.8 Å². The van der Waals surface area contributed by atoms with Crippen LogP contribution in [0, 0.1) is 0 Å². The number of rotatable bonds is 1. The fraction of sp³-hybridized carbons (Fsp3) is 0.0769. The molecule has 0 atom stereocenters. The summed E-state index contributed by atoms with van der Waals surface area (Å²) in [5.74, 6) is 0. The van der Waals surface area contributed by atoms with Crippen molar-refractivity contribution >= 4 is 11.3 Å². The second kappa shape index (κ2) is 3.28. The Kier molecular flexibility index (Phi) is 1.76. The highest BCUT2D eigenvalue weighted by Crippen LogP contribution is 2.39. The summed E-state index contributed by atoms with van der Waals surface area (Å²) >= 11 is 1.70. The van der Waals surface area contributed by atoms with Crippen LogP contribution in [-0.2, 0) is 6.42 Å². The van der Waals surface area contributed by atoms with E-state index < -0.39 is 0 Å². The fourth-order valence-corrected chi connectivity index (χ4v) is 3.16. The zero-order valence-corrected chi connectivity index (χ0v) is 9.81. The third-order valence-corrected chi connectivity index (χ3v) is 3.94. The van der Waals surface area contributed by atoms with Crippen LogP contribution < -0.4 is 0 Å². The van der Waals surface area contributed by atoms with E-state index in [9.17, 15) is 0 Å². The first-order valence-electron chi connectivity index (χ1n) is 5.48. The summed E-state index contributed by atoms with van der Waals surface area (Å²) in [5.41, 5.74) is 6.70. The van der Waals surface area contributed by atoms with Crippen LogP contribution in [0.2, 0.25) is 0 Å². The zero-order valence-electron chi connectivity index (χ0n) is 9.00. The minimum atomic E-state index is 0.918. The largest absolute Gasteiger partial charge is 0.249 e. The molecule has 1 aromatic carbocycles. The van der Waals surface area contributed by atoms with Crippen molar-refractivity contribution < 1.29 is 0 Å². The van der Waals surface area contributed by atoms with Gasteiger partial charge >= 0.3 is 0 Å². The number of nitrogens with zero attached hydrogens (tertiary/aromatic N) is 3. The van der Waals surface area contributed by atoms with Crippen molar-refractivity contribution in [3.05, 3.63) is 53.3 Å². The maximum Gasteiger partial charge on any atom is 0.0895 e. The van der Waals surface area contributed by atoms with Gasteiger partial charge in [-0.3, -0.25) is 0 Å². The summed E-state index contributed by atoms with van der Waals surface area (Å²) in [6.07, 6.45) is 2.87. The Bertz CT molecular complexity index is 682. The lowest BCUT2D eigenvalue weighted by atomic mass is 10.2. The SMILES string of the molecule is c1ccc(-n2ncc3c2-c2scnc2C3)cc1. The molecule has 0 saturated carbocycles. The minimum Gasteiger partial charge on any atom is -0.249 e. The Morgan fingerprint density at radius 2 is 2.06 bits per heavy atom. The van der Waals surface area contributed by atoms with Crippen molar-refractivity contribution in [2.75, 3.05) is 0 Å². The maximum atomic E-state index is 4.48. The molecule has 0 amide bonds. The number of hydrogen-bond donors (Lipinski definition) is 0. The van der Waals surface area contributed by atoms with E-state index in [-0.39, 0.29) is 0 Å². The monoisotopic (exact) mass is 239 g/mol. The van der Waals surface area contributed by atoms with Gasteiger partial charge in [-0.1, -0.05) is 18.2 Å². The molecule has 0 spiro atoms. The lowest BCUT2D eigenvalue weighted by Crippen LogP contribution is -1.97. The van der Waals surface area contributed by atoms with Gasteiger partial charge in [0.25, 0.3) is 0 Å². The molecule has 0 saturated heterocycles. The van der Waals surface area contributed by atoms with E-state index in [1.807, 2.05) is 34.6 Å². The lowest BCUT2D eigenvalue weighted by molar-refractivity contribution is 0.889. The maximum absolute atomic E-state index is 4.48. The average Bonchev–Trinajstić information content (AvgIpc) is 3.00. The zero-order chi connectivity index (χ0) is 11.2. The number of thiazole rings is 1. The van der Waals surface area contributed by atoms with Gasteiger partial charge in [0.2, 0.25) is 0 Å². The smallest absolute Gasteiger partial charge is 0.0895 e. The van der Waals surface area contributed by atoms with E-state index in [0.29, 0.717) is 0 Å². The number of fused-ring (bicyclic) bond motifs is 3. The topological polar surface area (TPSA) is 30.7 Å². The summed E-state index contributed by atoms with van der Waals surface area (Å²) in [6, 6.07) is 10.2. The summed E-state index contributed by atoms with van der Waals surface area (Å²) in [5, 5.41) is 4.48. The van der Waals surface area contributed by atoms with Crippen LogP contribution in [0.25, 0.3) is 16.3 Å². The third-order valence-electron chi connectivity index (χ3n) is 3.06. The van der Waals surface area contributed by atoms with Crippen LogP contribution in [0.1, 0.15) is 11.3 Å². The van der Waals surface area contributed by atoms with Crippen molar-refractivity contribution in [2.24, 2.45) is 0 Å². The van der Waals surface area contributed by atoms with Crippen molar-refractivity contribution in [2.45, 2.75) is 6.42 Å². The second-order valence-corrected chi connectivity index (χ2v) is 4.93. The van der Waals surface area contributed by atoms with Crippen LogP contribution in [-0.4, -0.2) is 14.8 Å². The molecule has 1 aliphatic carbocycles. The van der Waals surface area contributed by atoms with Gasteiger partial charge in [-0.15, -0.1) is 11.3 Å². The van der Waals surface area contributed by atoms with E-state index in [2.05, 4.69) is 22.2 Å². The highest BCUT2D eigenvalue weighted by Gasteiger charge is 2.26. The van der Waals surface area contributed by atoms with Gasteiger partial charge in [0.05, 0.1) is 33.7 Å². The first-order chi connectivity index (χ1) is 8.43. The van der Waals surface area contributed by atoms with Gasteiger partial charge in [-0.2, -0.15) is 5.10 Å².